The van der Waals surface area contributed by atoms with Crippen molar-refractivity contribution in [3.8, 4) is 5.75 Å². The molecule has 0 bridgehead atoms. The monoisotopic (exact) mass is 394 g/mol. The van der Waals surface area contributed by atoms with E-state index >= 15 is 0 Å². The number of nitrogens with one attached hydrogen (secondary N) is 1. The Balaban J connectivity index is 1.54. The summed E-state index contributed by atoms with van der Waals surface area (Å²) in [7, 11) is 0. The quantitative estimate of drug-likeness (QED) is 0.610. The van der Waals surface area contributed by atoms with Crippen LogP contribution in [0.2, 0.25) is 0 Å². The maximum atomic E-state index is 12.3. The molecule has 1 heterocycles. The van der Waals surface area contributed by atoms with Crippen LogP contribution in [0.3, 0.4) is 0 Å². The highest BCUT2D eigenvalue weighted by molar-refractivity contribution is 5.95. The molecule has 0 spiro atoms. The van der Waals surface area contributed by atoms with Crippen molar-refractivity contribution in [2.45, 2.75) is 27.4 Å². The highest BCUT2D eigenvalue weighted by Crippen LogP contribution is 2.19. The van der Waals surface area contributed by atoms with Gasteiger partial charge in [0.1, 0.15) is 18.1 Å². The highest BCUT2D eigenvalue weighted by atomic mass is 16.5. The van der Waals surface area contributed by atoms with Crippen molar-refractivity contribution in [2.24, 2.45) is 0 Å². The lowest BCUT2D eigenvalue weighted by atomic mass is 10.2. The first-order chi connectivity index (χ1) is 13.9. The largest absolute Gasteiger partial charge is 0.489 e. The van der Waals surface area contributed by atoms with Crippen LogP contribution in [0.1, 0.15) is 32.9 Å². The third-order valence-corrected chi connectivity index (χ3v) is 4.27. The minimum absolute atomic E-state index is 0.276. The van der Waals surface area contributed by atoms with E-state index in [1.165, 1.54) is 0 Å². The molecule has 0 fully saturated rings. The van der Waals surface area contributed by atoms with Gasteiger partial charge in [0.2, 0.25) is 0 Å². The molecule has 29 heavy (non-hydrogen) atoms. The van der Waals surface area contributed by atoms with Crippen molar-refractivity contribution in [3.05, 3.63) is 76.7 Å². The van der Waals surface area contributed by atoms with Gasteiger partial charge in [0.15, 0.2) is 6.61 Å². The summed E-state index contributed by atoms with van der Waals surface area (Å²) >= 11 is 0. The number of nitrogens with zero attached hydrogens (tertiary/aromatic N) is 1. The van der Waals surface area contributed by atoms with Gasteiger partial charge in [-0.2, -0.15) is 0 Å². The van der Waals surface area contributed by atoms with Crippen LogP contribution in [0.15, 0.2) is 53.1 Å². The van der Waals surface area contributed by atoms with Gasteiger partial charge in [-0.25, -0.2) is 4.79 Å². The third kappa shape index (κ3) is 5.44. The normalized spacial score (nSPS) is 10.4. The number of ether oxygens (including phenoxy) is 2. The molecule has 7 heteroatoms. The highest BCUT2D eigenvalue weighted by Gasteiger charge is 2.13. The van der Waals surface area contributed by atoms with Crippen LogP contribution in [0.5, 0.6) is 5.75 Å². The summed E-state index contributed by atoms with van der Waals surface area (Å²) in [4.78, 5) is 24.3. The molecule has 1 aromatic heterocycles. The van der Waals surface area contributed by atoms with E-state index in [1.54, 1.807) is 30.3 Å². The Bertz CT molecular complexity index is 1010. The number of esters is 1. The molecular weight excluding hydrogens is 372 g/mol. The van der Waals surface area contributed by atoms with Gasteiger partial charge in [-0.15, -0.1) is 0 Å². The van der Waals surface area contributed by atoms with Gasteiger partial charge in [-0.3, -0.25) is 4.79 Å². The molecular formula is C22H22N2O5. The fourth-order valence-electron chi connectivity index (χ4n) is 2.71. The summed E-state index contributed by atoms with van der Waals surface area (Å²) in [5.41, 5.74) is 3.60. The first kappa shape index (κ1) is 20.1. The van der Waals surface area contributed by atoms with Crippen molar-refractivity contribution in [2.75, 3.05) is 11.9 Å². The molecule has 0 unspecified atom stereocenters. The molecule has 0 saturated heterocycles. The smallest absolute Gasteiger partial charge is 0.338 e. The van der Waals surface area contributed by atoms with Crippen molar-refractivity contribution in [1.82, 2.24) is 5.16 Å². The van der Waals surface area contributed by atoms with E-state index in [0.29, 0.717) is 22.8 Å². The number of carbonyl (C=O) groups is 2. The SMILES string of the molecule is Cc1cccc(NC(=O)COC(=O)c2cccc(OCc3c(C)noc3C)c2)c1. The van der Waals surface area contributed by atoms with E-state index in [1.807, 2.05) is 39.0 Å². The van der Waals surface area contributed by atoms with E-state index in [2.05, 4.69) is 10.5 Å². The second-order valence-corrected chi connectivity index (χ2v) is 6.61. The van der Waals surface area contributed by atoms with Gasteiger partial charge in [-0.05, 0) is 56.7 Å². The fraction of sp³-hybridized carbons (Fsp3) is 0.227. The average Bonchev–Trinajstić information content (AvgIpc) is 3.02. The van der Waals surface area contributed by atoms with Crippen LogP contribution in [0.4, 0.5) is 5.69 Å². The predicted octanol–water partition coefficient (Wildman–Crippen LogP) is 3.97. The zero-order chi connectivity index (χ0) is 20.8. The molecule has 0 aliphatic carbocycles. The molecule has 1 amide bonds. The molecule has 2 aromatic carbocycles. The van der Waals surface area contributed by atoms with Crippen molar-refractivity contribution >= 4 is 17.6 Å². The summed E-state index contributed by atoms with van der Waals surface area (Å²) in [6.07, 6.45) is 0. The second kappa shape index (κ2) is 9.05. The molecule has 0 aliphatic rings. The van der Waals surface area contributed by atoms with Crippen molar-refractivity contribution in [3.63, 3.8) is 0 Å². The first-order valence-electron chi connectivity index (χ1n) is 9.10. The molecule has 0 aliphatic heterocycles. The summed E-state index contributed by atoms with van der Waals surface area (Å²) in [5, 5.41) is 6.57. The lowest BCUT2D eigenvalue weighted by molar-refractivity contribution is -0.119. The van der Waals surface area contributed by atoms with E-state index in [-0.39, 0.29) is 13.2 Å². The minimum atomic E-state index is -0.604. The number of hydrogen-bond acceptors (Lipinski definition) is 6. The van der Waals surface area contributed by atoms with Gasteiger partial charge in [-0.1, -0.05) is 23.4 Å². The van der Waals surface area contributed by atoms with Crippen LogP contribution >= 0.6 is 0 Å². The number of benzene rings is 2. The lowest BCUT2D eigenvalue weighted by Crippen LogP contribution is -2.21. The van der Waals surface area contributed by atoms with Crippen LogP contribution in [0.25, 0.3) is 0 Å². The van der Waals surface area contributed by atoms with E-state index in [0.717, 1.165) is 16.8 Å². The molecule has 0 atom stereocenters. The standard InChI is InChI=1S/C22H22N2O5/c1-14-6-4-8-18(10-14)23-21(25)13-28-22(26)17-7-5-9-19(11-17)27-12-20-15(2)24-29-16(20)3/h4-11H,12-13H2,1-3H3,(H,23,25). The topological polar surface area (TPSA) is 90.7 Å². The zero-order valence-corrected chi connectivity index (χ0v) is 16.5. The number of anilines is 1. The summed E-state index contributed by atoms with van der Waals surface area (Å²) in [6.45, 7) is 5.48. The third-order valence-electron chi connectivity index (χ3n) is 4.27. The van der Waals surface area contributed by atoms with Crippen molar-refractivity contribution < 1.29 is 23.6 Å². The Labute approximate surface area is 168 Å². The van der Waals surface area contributed by atoms with Gasteiger partial charge in [0.25, 0.3) is 5.91 Å². The average molecular weight is 394 g/mol. The summed E-state index contributed by atoms with van der Waals surface area (Å²) in [6, 6.07) is 14.0. The van der Waals surface area contributed by atoms with Crippen molar-refractivity contribution in [1.29, 1.82) is 0 Å². The molecule has 0 saturated carbocycles. The predicted molar refractivity (Wildman–Crippen MR) is 107 cm³/mol. The second-order valence-electron chi connectivity index (χ2n) is 6.61. The minimum Gasteiger partial charge on any atom is -0.489 e. The van der Waals surface area contributed by atoms with Gasteiger partial charge in [0.05, 0.1) is 16.8 Å². The number of amides is 1. The van der Waals surface area contributed by atoms with E-state index in [4.69, 9.17) is 14.0 Å². The zero-order valence-electron chi connectivity index (χ0n) is 16.5. The number of aromatic nitrogens is 1. The first-order valence-corrected chi connectivity index (χ1v) is 9.10. The van der Waals surface area contributed by atoms with Gasteiger partial charge >= 0.3 is 5.97 Å². The summed E-state index contributed by atoms with van der Waals surface area (Å²) in [5.74, 6) is 0.184. The molecule has 1 N–H and O–H groups in total. The van der Waals surface area contributed by atoms with E-state index < -0.39 is 11.9 Å². The molecule has 3 rings (SSSR count). The number of carbonyl (C=O) groups excluding carboxylic acids is 2. The lowest BCUT2D eigenvalue weighted by Gasteiger charge is -2.09. The maximum Gasteiger partial charge on any atom is 0.338 e. The maximum absolute atomic E-state index is 12.3. The van der Waals surface area contributed by atoms with Crippen LogP contribution in [0, 0.1) is 20.8 Å². The Morgan fingerprint density at radius 2 is 1.86 bits per heavy atom. The van der Waals surface area contributed by atoms with Crippen LogP contribution < -0.4 is 10.1 Å². The van der Waals surface area contributed by atoms with Crippen LogP contribution in [-0.4, -0.2) is 23.6 Å². The Morgan fingerprint density at radius 1 is 1.07 bits per heavy atom. The Hall–Kier alpha value is -3.61. The fourth-order valence-corrected chi connectivity index (χ4v) is 2.71. The van der Waals surface area contributed by atoms with Gasteiger partial charge < -0.3 is 19.3 Å². The molecule has 7 nitrogen and oxygen atoms in total. The Kier molecular flexibility index (Phi) is 6.29. The number of aryl methyl sites for hydroxylation is 3. The van der Waals surface area contributed by atoms with Gasteiger partial charge in [0, 0.05) is 5.69 Å². The molecule has 150 valence electrons. The molecule has 3 aromatic rings. The number of hydrogen-bond donors (Lipinski definition) is 1. The van der Waals surface area contributed by atoms with E-state index in [9.17, 15) is 9.59 Å². The number of rotatable bonds is 7. The van der Waals surface area contributed by atoms with Crippen LogP contribution in [-0.2, 0) is 16.1 Å². The Morgan fingerprint density at radius 3 is 2.59 bits per heavy atom. The molecule has 0 radical (unpaired) electrons. The summed E-state index contributed by atoms with van der Waals surface area (Å²) < 4.78 is 15.9.